The Kier molecular flexibility index (Phi) is 9.16. The molecule has 0 aliphatic carbocycles. The van der Waals surface area contributed by atoms with Crippen LogP contribution in [-0.2, 0) is 10.8 Å². The number of rotatable bonds is 3. The summed E-state index contributed by atoms with van der Waals surface area (Å²) in [5.74, 6) is 1.95. The van der Waals surface area contributed by atoms with Gasteiger partial charge >= 0.3 is 0 Å². The fraction of sp³-hybridized carbons (Fsp3) is 0.125. The van der Waals surface area contributed by atoms with Crippen molar-refractivity contribution in [3.8, 4) is 56.7 Å². The third-order valence-electron chi connectivity index (χ3n) is 21.0. The Labute approximate surface area is 510 Å². The van der Waals surface area contributed by atoms with Crippen molar-refractivity contribution in [2.45, 2.75) is 66.2 Å². The van der Waals surface area contributed by atoms with Gasteiger partial charge in [0.25, 0.3) is 13.4 Å². The lowest BCUT2D eigenvalue weighted by atomic mass is 9.33. The summed E-state index contributed by atoms with van der Waals surface area (Å²) in [7, 11) is 0. The van der Waals surface area contributed by atoms with Crippen molar-refractivity contribution in [3.63, 3.8) is 0 Å². The molecule has 88 heavy (non-hydrogen) atoms. The van der Waals surface area contributed by atoms with E-state index in [4.69, 9.17) is 9.97 Å². The molecule has 4 aromatic heterocycles. The van der Waals surface area contributed by atoms with Crippen molar-refractivity contribution in [2.24, 2.45) is 0 Å². The van der Waals surface area contributed by atoms with Gasteiger partial charge in [0, 0.05) is 66.5 Å². The van der Waals surface area contributed by atoms with Gasteiger partial charge in [-0.2, -0.15) is 0 Å². The molecule has 0 unspecified atom stereocenters. The molecule has 0 bridgehead atoms. The third-order valence-corrected chi connectivity index (χ3v) is 21.0. The summed E-state index contributed by atoms with van der Waals surface area (Å²) in [6.45, 7) is 18.7. The van der Waals surface area contributed by atoms with E-state index in [9.17, 15) is 0 Å². The zero-order chi connectivity index (χ0) is 58.7. The Morgan fingerprint density at radius 3 is 1.56 bits per heavy atom. The van der Waals surface area contributed by atoms with Gasteiger partial charge in [0.1, 0.15) is 11.6 Å². The maximum atomic E-state index is 5.95. The highest BCUT2D eigenvalue weighted by atomic mass is 15.1. The van der Waals surface area contributed by atoms with Crippen molar-refractivity contribution < 1.29 is 0 Å². The lowest BCUT2D eigenvalue weighted by molar-refractivity contribution is 0.590. The van der Waals surface area contributed by atoms with E-state index in [0.29, 0.717) is 0 Å². The van der Waals surface area contributed by atoms with E-state index >= 15 is 0 Å². The average molecular weight is 1130 g/mol. The Hall–Kier alpha value is -10.2. The summed E-state index contributed by atoms with van der Waals surface area (Å²) in [6, 6.07) is 78.6. The summed E-state index contributed by atoms with van der Waals surface area (Å²) in [5, 5.41) is 10.1. The van der Waals surface area contributed by atoms with Crippen LogP contribution >= 0.6 is 0 Å². The summed E-state index contributed by atoms with van der Waals surface area (Å²) in [6.07, 6.45) is 0. The number of aromatic nitrogens is 6. The van der Waals surface area contributed by atoms with Crippen molar-refractivity contribution in [1.29, 1.82) is 0 Å². The number of aryl methyl sites for hydroxylation is 1. The van der Waals surface area contributed by atoms with Gasteiger partial charge in [0.2, 0.25) is 0 Å². The highest BCUT2D eigenvalue weighted by molar-refractivity contribution is 7.02. The third kappa shape index (κ3) is 6.01. The molecule has 20 rings (SSSR count). The molecule has 0 saturated heterocycles. The first-order valence-electron chi connectivity index (χ1n) is 31.3. The summed E-state index contributed by atoms with van der Waals surface area (Å²) >= 11 is 0. The Bertz CT molecular complexity index is 5930. The standard InChI is InChI=1S/C80H58B2N6/c1-43-32-34-50(53-35-36-57-74-68(53)54-26-16-17-27-61(54)86(74)64-29-19-30-65-71(64)81(57)69-51-24-14-12-22-46(51)38-59-75(69)87(65)77(83-59)45-20-10-9-11-21-45)44(2)67(43)78-84-60-39-47-23-13-15-25-52(47)70-76(60)88(78)66-31-18-28-63-72(66)82(70)58-42-49(80(6,7)8)41-56-55-40-48(79(3,4)5)33-37-62(55)85(63)73(56)58/h9-42H,1-8H3. The van der Waals surface area contributed by atoms with Gasteiger partial charge in [0.05, 0.1) is 33.1 Å². The minimum Gasteiger partial charge on any atom is -0.310 e. The van der Waals surface area contributed by atoms with Gasteiger partial charge < -0.3 is 9.13 Å². The van der Waals surface area contributed by atoms with Crippen LogP contribution in [0.5, 0.6) is 0 Å². The monoisotopic (exact) mass is 1120 g/mol. The van der Waals surface area contributed by atoms with E-state index in [0.717, 1.165) is 28.2 Å². The molecule has 0 saturated carbocycles. The molecule has 0 N–H and O–H groups in total. The van der Waals surface area contributed by atoms with Crippen molar-refractivity contribution in [3.05, 3.63) is 229 Å². The number of para-hydroxylation sites is 1. The number of fused-ring (bicyclic) bond motifs is 18. The first kappa shape index (κ1) is 49.0. The molecule has 0 spiro atoms. The molecule has 8 heterocycles. The van der Waals surface area contributed by atoms with Crippen LogP contribution in [0, 0.1) is 13.8 Å². The molecular weight excluding hydrogens is 1070 g/mol. The minimum atomic E-state index is -0.0820. The van der Waals surface area contributed by atoms with Gasteiger partial charge in [0.15, 0.2) is 0 Å². The lowest BCUT2D eigenvalue weighted by Crippen LogP contribution is -2.59. The van der Waals surface area contributed by atoms with Gasteiger partial charge in [-0.1, -0.05) is 187 Å². The Morgan fingerprint density at radius 2 is 0.898 bits per heavy atom. The SMILES string of the molecule is Cc1ccc(-c2ccc3c4c2c2ccccc2n4-c2cccc4c2B3c2c3ccccc3cc3nc(-c5ccccc5)n-4c23)c(C)c1-c1nc2cc3ccccc3c3c2n1-c1cccc2c1B3c1cc(C(C)(C)C)cc3c4cc(C(C)(C)C)ccc4n-2c13. The van der Waals surface area contributed by atoms with Crippen LogP contribution < -0.4 is 32.8 Å². The number of hydrogen-bond acceptors (Lipinski definition) is 2. The second-order valence-electron chi connectivity index (χ2n) is 27.7. The Balaban J connectivity index is 0.852. The van der Waals surface area contributed by atoms with Gasteiger partial charge in [-0.05, 0) is 173 Å². The summed E-state index contributed by atoms with van der Waals surface area (Å²) < 4.78 is 10.2. The average Bonchev–Trinajstić information content (AvgIpc) is 1.44. The molecule has 0 radical (unpaired) electrons. The maximum Gasteiger partial charge on any atom is 0.253 e. The highest BCUT2D eigenvalue weighted by Crippen LogP contribution is 2.47. The number of nitrogens with zero attached hydrogens (tertiary/aromatic N) is 6. The molecule has 4 aliphatic heterocycles. The molecule has 0 fully saturated rings. The van der Waals surface area contributed by atoms with E-state index in [-0.39, 0.29) is 24.3 Å². The van der Waals surface area contributed by atoms with Crippen molar-refractivity contribution >= 4 is 133 Å². The number of imidazole rings is 2. The van der Waals surface area contributed by atoms with E-state index in [1.807, 2.05) is 0 Å². The van der Waals surface area contributed by atoms with Crippen LogP contribution in [0.25, 0.3) is 144 Å². The summed E-state index contributed by atoms with van der Waals surface area (Å²) in [5.41, 5.74) is 32.1. The molecule has 0 atom stereocenters. The predicted molar refractivity (Wildman–Crippen MR) is 372 cm³/mol. The quantitative estimate of drug-likeness (QED) is 0.166. The molecule has 16 aromatic rings. The van der Waals surface area contributed by atoms with E-state index in [1.165, 1.54) is 171 Å². The minimum absolute atomic E-state index is 0.00114. The molecule has 0 amide bonds. The molecule has 12 aromatic carbocycles. The van der Waals surface area contributed by atoms with Crippen molar-refractivity contribution in [2.75, 3.05) is 0 Å². The van der Waals surface area contributed by atoms with Crippen LogP contribution in [-0.4, -0.2) is 41.7 Å². The second kappa shape index (κ2) is 16.5. The first-order valence-corrected chi connectivity index (χ1v) is 31.3. The van der Waals surface area contributed by atoms with E-state index in [1.54, 1.807) is 0 Å². The zero-order valence-electron chi connectivity index (χ0n) is 50.5. The van der Waals surface area contributed by atoms with Gasteiger partial charge in [-0.15, -0.1) is 0 Å². The molecule has 6 nitrogen and oxygen atoms in total. The molecule has 414 valence electrons. The number of hydrogen-bond donors (Lipinski definition) is 0. The smallest absolute Gasteiger partial charge is 0.253 e. The topological polar surface area (TPSA) is 45.5 Å². The van der Waals surface area contributed by atoms with Gasteiger partial charge in [-0.25, -0.2) is 9.97 Å². The van der Waals surface area contributed by atoms with Crippen LogP contribution in [0.2, 0.25) is 0 Å². The molecular formula is C80H58B2N6. The maximum absolute atomic E-state index is 5.95. The van der Waals surface area contributed by atoms with E-state index in [2.05, 4.69) is 280 Å². The van der Waals surface area contributed by atoms with Crippen LogP contribution in [0.15, 0.2) is 206 Å². The second-order valence-corrected chi connectivity index (χ2v) is 27.7. The van der Waals surface area contributed by atoms with Crippen LogP contribution in [0.4, 0.5) is 0 Å². The molecule has 8 heteroatoms. The van der Waals surface area contributed by atoms with Crippen LogP contribution in [0.3, 0.4) is 0 Å². The first-order chi connectivity index (χ1) is 42.8. The zero-order valence-corrected chi connectivity index (χ0v) is 50.5. The number of benzene rings is 12. The van der Waals surface area contributed by atoms with Crippen molar-refractivity contribution in [1.82, 2.24) is 28.2 Å². The highest BCUT2D eigenvalue weighted by Gasteiger charge is 2.45. The normalized spacial score (nSPS) is 13.6. The van der Waals surface area contributed by atoms with E-state index < -0.39 is 0 Å². The lowest BCUT2D eigenvalue weighted by Gasteiger charge is -2.35. The fourth-order valence-corrected chi connectivity index (χ4v) is 17.1. The molecule has 4 aliphatic rings. The van der Waals surface area contributed by atoms with Gasteiger partial charge in [-0.3, -0.25) is 9.13 Å². The van der Waals surface area contributed by atoms with Crippen LogP contribution in [0.1, 0.15) is 63.8 Å². The fourth-order valence-electron chi connectivity index (χ4n) is 17.1. The summed E-state index contributed by atoms with van der Waals surface area (Å²) in [4.78, 5) is 11.5. The Morgan fingerprint density at radius 1 is 0.364 bits per heavy atom. The largest absolute Gasteiger partial charge is 0.310 e. The predicted octanol–water partition coefficient (Wildman–Crippen LogP) is 15.4.